The average molecular weight is 193 g/mol. The molecule has 1 rings (SSSR count). The Morgan fingerprint density at radius 3 is 2.23 bits per heavy atom. The van der Waals surface area contributed by atoms with Crippen LogP contribution in [0.15, 0.2) is 0 Å². The van der Waals surface area contributed by atoms with Gasteiger partial charge in [0.1, 0.15) is 0 Å². The number of hydrogen-bond acceptors (Lipinski definition) is 2. The second kappa shape index (κ2) is 2.90. The molecule has 0 aromatic rings. The van der Waals surface area contributed by atoms with Crippen LogP contribution in [0.2, 0.25) is 0 Å². The maximum Gasteiger partial charge on any atom is 0.252 e. The largest absolute Gasteiger partial charge is 0.275 e. The molecule has 0 unspecified atom stereocenters. The first kappa shape index (κ1) is 10.4. The summed E-state index contributed by atoms with van der Waals surface area (Å²) in [7, 11) is 2.75. The van der Waals surface area contributed by atoms with Gasteiger partial charge in [0.2, 0.25) is 5.92 Å². The lowest BCUT2D eigenvalue weighted by molar-refractivity contribution is -0.210. The highest BCUT2D eigenvalue weighted by Gasteiger charge is 2.58. The number of halogens is 2. The average Bonchev–Trinajstić information content (AvgIpc) is 1.97. The highest BCUT2D eigenvalue weighted by atomic mass is 19.3. The van der Waals surface area contributed by atoms with Gasteiger partial charge in [0.15, 0.2) is 0 Å². The van der Waals surface area contributed by atoms with Gasteiger partial charge in [-0.15, -0.1) is 0 Å². The lowest BCUT2D eigenvalue weighted by Crippen LogP contribution is -2.53. The van der Waals surface area contributed by atoms with Gasteiger partial charge in [-0.2, -0.15) is 0 Å². The summed E-state index contributed by atoms with van der Waals surface area (Å²) >= 11 is 0. The standard InChI is InChI=1S/C8H13F2NO2/c1-7(4-8(9,10)5-7)6(12)11(2)13-3/h4-5H2,1-3H3. The number of alkyl halides is 2. The van der Waals surface area contributed by atoms with Crippen LogP contribution in [0.4, 0.5) is 8.78 Å². The fourth-order valence-electron chi connectivity index (χ4n) is 1.70. The molecule has 3 nitrogen and oxygen atoms in total. The summed E-state index contributed by atoms with van der Waals surface area (Å²) in [6.45, 7) is 1.53. The number of nitrogens with zero attached hydrogens (tertiary/aromatic N) is 1. The van der Waals surface area contributed by atoms with E-state index in [9.17, 15) is 13.6 Å². The summed E-state index contributed by atoms with van der Waals surface area (Å²) in [5, 5.41) is 0.995. The van der Waals surface area contributed by atoms with Crippen LogP contribution in [0.25, 0.3) is 0 Å². The second-order valence-electron chi connectivity index (χ2n) is 3.76. The van der Waals surface area contributed by atoms with Gasteiger partial charge in [0.25, 0.3) is 5.91 Å². The Labute approximate surface area is 75.6 Å². The van der Waals surface area contributed by atoms with E-state index in [1.165, 1.54) is 21.1 Å². The van der Waals surface area contributed by atoms with Crippen molar-refractivity contribution in [2.24, 2.45) is 5.41 Å². The van der Waals surface area contributed by atoms with E-state index < -0.39 is 11.3 Å². The molecule has 0 bridgehead atoms. The summed E-state index contributed by atoms with van der Waals surface area (Å²) in [4.78, 5) is 16.1. The molecule has 0 N–H and O–H groups in total. The zero-order valence-corrected chi connectivity index (χ0v) is 7.93. The van der Waals surface area contributed by atoms with E-state index in [2.05, 4.69) is 4.84 Å². The third-order valence-corrected chi connectivity index (χ3v) is 2.37. The summed E-state index contributed by atoms with van der Waals surface area (Å²) in [5.74, 6) is -3.07. The zero-order chi connectivity index (χ0) is 10.3. The molecule has 1 fully saturated rings. The van der Waals surface area contributed by atoms with Gasteiger partial charge in [-0.1, -0.05) is 6.92 Å². The van der Waals surface area contributed by atoms with Crippen molar-refractivity contribution in [2.45, 2.75) is 25.7 Å². The summed E-state index contributed by atoms with van der Waals surface area (Å²) < 4.78 is 25.1. The van der Waals surface area contributed by atoms with E-state index in [0.717, 1.165) is 5.06 Å². The van der Waals surface area contributed by atoms with Crippen LogP contribution >= 0.6 is 0 Å². The fraction of sp³-hybridized carbons (Fsp3) is 0.875. The van der Waals surface area contributed by atoms with Crippen LogP contribution in [-0.2, 0) is 9.63 Å². The van der Waals surface area contributed by atoms with E-state index in [0.29, 0.717) is 0 Å². The molecular weight excluding hydrogens is 180 g/mol. The lowest BCUT2D eigenvalue weighted by atomic mass is 9.67. The molecular formula is C8H13F2NO2. The molecule has 0 atom stereocenters. The van der Waals surface area contributed by atoms with Crippen molar-refractivity contribution in [1.29, 1.82) is 0 Å². The van der Waals surface area contributed by atoms with Crippen molar-refractivity contribution in [3.8, 4) is 0 Å². The molecule has 0 aromatic carbocycles. The monoisotopic (exact) mass is 193 g/mol. The predicted molar refractivity (Wildman–Crippen MR) is 42.1 cm³/mol. The highest BCUT2D eigenvalue weighted by Crippen LogP contribution is 2.52. The third-order valence-electron chi connectivity index (χ3n) is 2.37. The Bertz CT molecular complexity index is 222. The fourth-order valence-corrected chi connectivity index (χ4v) is 1.70. The van der Waals surface area contributed by atoms with Crippen molar-refractivity contribution in [3.05, 3.63) is 0 Å². The lowest BCUT2D eigenvalue weighted by Gasteiger charge is -2.44. The quantitative estimate of drug-likeness (QED) is 0.621. The number of carbonyl (C=O) groups excluding carboxylic acids is 1. The summed E-state index contributed by atoms with van der Waals surface area (Å²) in [5.41, 5.74) is -0.950. The Hall–Kier alpha value is -0.710. The van der Waals surface area contributed by atoms with Gasteiger partial charge in [-0.25, -0.2) is 13.8 Å². The molecule has 1 saturated carbocycles. The van der Waals surface area contributed by atoms with Crippen LogP contribution in [-0.4, -0.2) is 31.1 Å². The summed E-state index contributed by atoms with van der Waals surface area (Å²) in [6, 6.07) is 0. The van der Waals surface area contributed by atoms with Crippen LogP contribution in [0.5, 0.6) is 0 Å². The van der Waals surface area contributed by atoms with Gasteiger partial charge in [-0.3, -0.25) is 9.63 Å². The van der Waals surface area contributed by atoms with Crippen molar-refractivity contribution < 1.29 is 18.4 Å². The predicted octanol–water partition coefficient (Wildman–Crippen LogP) is 1.44. The van der Waals surface area contributed by atoms with Gasteiger partial charge in [-0.05, 0) is 0 Å². The first-order valence-electron chi connectivity index (χ1n) is 4.01. The number of carbonyl (C=O) groups is 1. The smallest absolute Gasteiger partial charge is 0.252 e. The Morgan fingerprint density at radius 2 is 1.92 bits per heavy atom. The van der Waals surface area contributed by atoms with E-state index in [1.807, 2.05) is 0 Å². The minimum Gasteiger partial charge on any atom is -0.275 e. The van der Waals surface area contributed by atoms with Gasteiger partial charge >= 0.3 is 0 Å². The minimum absolute atomic E-state index is 0.382. The molecule has 0 heterocycles. The van der Waals surface area contributed by atoms with E-state index in [-0.39, 0.29) is 18.7 Å². The number of hydrogen-bond donors (Lipinski definition) is 0. The van der Waals surface area contributed by atoms with Crippen molar-refractivity contribution in [3.63, 3.8) is 0 Å². The van der Waals surface area contributed by atoms with Crippen LogP contribution in [0.3, 0.4) is 0 Å². The Morgan fingerprint density at radius 1 is 1.46 bits per heavy atom. The molecule has 76 valence electrons. The molecule has 13 heavy (non-hydrogen) atoms. The number of rotatable bonds is 2. The Kier molecular flexibility index (Phi) is 2.32. The zero-order valence-electron chi connectivity index (χ0n) is 7.93. The maximum absolute atomic E-state index is 12.5. The molecule has 1 amide bonds. The molecule has 0 saturated heterocycles. The SMILES string of the molecule is CON(C)C(=O)C1(C)CC(F)(F)C1. The van der Waals surface area contributed by atoms with E-state index in [4.69, 9.17) is 0 Å². The molecule has 5 heteroatoms. The maximum atomic E-state index is 12.5. The molecule has 1 aliphatic carbocycles. The topological polar surface area (TPSA) is 29.5 Å². The molecule has 0 spiro atoms. The summed E-state index contributed by atoms with van der Waals surface area (Å²) in [6.07, 6.45) is -0.765. The van der Waals surface area contributed by atoms with E-state index >= 15 is 0 Å². The van der Waals surface area contributed by atoms with Crippen molar-refractivity contribution in [1.82, 2.24) is 5.06 Å². The Balaban J connectivity index is 2.59. The van der Waals surface area contributed by atoms with Crippen LogP contribution in [0.1, 0.15) is 19.8 Å². The first-order valence-corrected chi connectivity index (χ1v) is 4.01. The molecule has 0 radical (unpaired) electrons. The third kappa shape index (κ3) is 1.80. The van der Waals surface area contributed by atoms with Crippen LogP contribution in [0, 0.1) is 5.41 Å². The number of hydroxylamine groups is 2. The van der Waals surface area contributed by atoms with Crippen molar-refractivity contribution >= 4 is 5.91 Å². The van der Waals surface area contributed by atoms with Gasteiger partial charge < -0.3 is 0 Å². The highest BCUT2D eigenvalue weighted by molar-refractivity contribution is 5.82. The molecule has 1 aliphatic rings. The van der Waals surface area contributed by atoms with Crippen LogP contribution < -0.4 is 0 Å². The number of amides is 1. The normalized spacial score (nSPS) is 23.5. The minimum atomic E-state index is -2.68. The molecule has 0 aromatic heterocycles. The van der Waals surface area contributed by atoms with E-state index in [1.54, 1.807) is 0 Å². The molecule has 0 aliphatic heterocycles. The van der Waals surface area contributed by atoms with Gasteiger partial charge in [0, 0.05) is 19.9 Å². The second-order valence-corrected chi connectivity index (χ2v) is 3.76. The van der Waals surface area contributed by atoms with Gasteiger partial charge in [0.05, 0.1) is 12.5 Å². The first-order chi connectivity index (χ1) is 5.81. The van der Waals surface area contributed by atoms with Crippen molar-refractivity contribution in [2.75, 3.05) is 14.2 Å².